The summed E-state index contributed by atoms with van der Waals surface area (Å²) >= 11 is 0. The summed E-state index contributed by atoms with van der Waals surface area (Å²) in [5, 5.41) is 2.86. The molecule has 3 aromatic rings. The van der Waals surface area contributed by atoms with Crippen molar-refractivity contribution in [3.8, 4) is 5.75 Å². The van der Waals surface area contributed by atoms with Crippen LogP contribution >= 0.6 is 0 Å². The molecule has 1 aliphatic heterocycles. The van der Waals surface area contributed by atoms with E-state index in [1.165, 1.54) is 7.11 Å². The number of amides is 2. The van der Waals surface area contributed by atoms with Crippen LogP contribution in [0.2, 0.25) is 0 Å². The van der Waals surface area contributed by atoms with E-state index in [1.54, 1.807) is 30.3 Å². The normalized spacial score (nSPS) is 13.2. The first-order valence-corrected chi connectivity index (χ1v) is 11.3. The number of hydrogen-bond acceptors (Lipinski definition) is 6. The average Bonchev–Trinajstić information content (AvgIpc) is 2.92. The molecule has 8 heteroatoms. The molecule has 35 heavy (non-hydrogen) atoms. The second kappa shape index (κ2) is 11.2. The van der Waals surface area contributed by atoms with Crippen LogP contribution in [-0.2, 0) is 9.53 Å². The van der Waals surface area contributed by atoms with E-state index < -0.39 is 5.97 Å². The van der Waals surface area contributed by atoms with Gasteiger partial charge in [-0.15, -0.1) is 0 Å². The highest BCUT2D eigenvalue weighted by molar-refractivity contribution is 5.99. The van der Waals surface area contributed by atoms with Crippen LogP contribution in [0, 0.1) is 0 Å². The van der Waals surface area contributed by atoms with Gasteiger partial charge in [0.15, 0.2) is 6.61 Å². The zero-order valence-electron chi connectivity index (χ0n) is 19.5. The molecule has 0 bridgehead atoms. The summed E-state index contributed by atoms with van der Waals surface area (Å²) < 4.78 is 10.4. The Balaban J connectivity index is 1.46. The number of carbonyl (C=O) groups is 3. The number of anilines is 2. The van der Waals surface area contributed by atoms with Gasteiger partial charge in [-0.05, 0) is 42.5 Å². The quantitative estimate of drug-likeness (QED) is 0.529. The number of nitrogens with one attached hydrogen (secondary N) is 1. The van der Waals surface area contributed by atoms with E-state index in [1.807, 2.05) is 53.4 Å². The summed E-state index contributed by atoms with van der Waals surface area (Å²) in [5.74, 6) is -0.260. The van der Waals surface area contributed by atoms with Crippen molar-refractivity contribution < 1.29 is 23.9 Å². The van der Waals surface area contributed by atoms with Gasteiger partial charge in [-0.3, -0.25) is 9.59 Å². The number of methoxy groups -OCH3 is 1. The third-order valence-electron chi connectivity index (χ3n) is 5.73. The third kappa shape index (κ3) is 5.97. The Hall–Kier alpha value is -4.33. The highest BCUT2D eigenvalue weighted by Crippen LogP contribution is 2.29. The number of carbonyl (C=O) groups excluding carboxylic acids is 3. The summed E-state index contributed by atoms with van der Waals surface area (Å²) in [6, 6.07) is 23.3. The number of esters is 1. The Morgan fingerprint density at radius 2 is 1.49 bits per heavy atom. The lowest BCUT2D eigenvalue weighted by Crippen LogP contribution is -2.49. The number of rotatable bonds is 7. The summed E-state index contributed by atoms with van der Waals surface area (Å²) in [6.45, 7) is 2.07. The lowest BCUT2D eigenvalue weighted by atomic mass is 10.1. The molecule has 0 aromatic heterocycles. The van der Waals surface area contributed by atoms with Crippen molar-refractivity contribution in [2.75, 3.05) is 50.1 Å². The Morgan fingerprint density at radius 3 is 2.14 bits per heavy atom. The molecule has 1 heterocycles. The monoisotopic (exact) mass is 473 g/mol. The maximum Gasteiger partial charge on any atom is 0.337 e. The standard InChI is InChI=1S/C27H27N3O5/c1-34-27(33)21-12-13-24(23(18-21)28-25(31)19-35-22-10-6-3-7-11-22)29-14-16-30(17-15-29)26(32)20-8-4-2-5-9-20/h2-13,18H,14-17,19H2,1H3,(H,28,31). The molecule has 1 aliphatic rings. The number of para-hydroxylation sites is 1. The maximum absolute atomic E-state index is 12.8. The fourth-order valence-corrected chi connectivity index (χ4v) is 3.92. The van der Waals surface area contributed by atoms with Crippen LogP contribution in [0.15, 0.2) is 78.9 Å². The first-order chi connectivity index (χ1) is 17.0. The van der Waals surface area contributed by atoms with Crippen molar-refractivity contribution in [2.24, 2.45) is 0 Å². The fraction of sp³-hybridized carbons (Fsp3) is 0.222. The first kappa shape index (κ1) is 23.8. The molecule has 4 rings (SSSR count). The van der Waals surface area contributed by atoms with Gasteiger partial charge >= 0.3 is 5.97 Å². The van der Waals surface area contributed by atoms with Crippen LogP contribution in [0.1, 0.15) is 20.7 Å². The summed E-state index contributed by atoms with van der Waals surface area (Å²) in [5.41, 5.74) is 2.23. The molecule has 3 aromatic carbocycles. The molecule has 1 saturated heterocycles. The minimum Gasteiger partial charge on any atom is -0.484 e. The van der Waals surface area contributed by atoms with E-state index in [9.17, 15) is 14.4 Å². The molecule has 0 aliphatic carbocycles. The zero-order valence-corrected chi connectivity index (χ0v) is 19.5. The summed E-state index contributed by atoms with van der Waals surface area (Å²) in [6.07, 6.45) is 0. The molecular weight excluding hydrogens is 446 g/mol. The number of nitrogens with zero attached hydrogens (tertiary/aromatic N) is 2. The first-order valence-electron chi connectivity index (χ1n) is 11.3. The molecule has 0 saturated carbocycles. The fourth-order valence-electron chi connectivity index (χ4n) is 3.92. The number of piperazine rings is 1. The summed E-state index contributed by atoms with van der Waals surface area (Å²) in [4.78, 5) is 41.4. The third-order valence-corrected chi connectivity index (χ3v) is 5.73. The van der Waals surface area contributed by atoms with Crippen LogP contribution in [0.3, 0.4) is 0 Å². The highest BCUT2D eigenvalue weighted by Gasteiger charge is 2.24. The zero-order chi connectivity index (χ0) is 24.6. The van der Waals surface area contributed by atoms with Crippen LogP contribution in [0.25, 0.3) is 0 Å². The van der Waals surface area contributed by atoms with Crippen molar-refractivity contribution in [2.45, 2.75) is 0 Å². The van der Waals surface area contributed by atoms with Gasteiger partial charge in [-0.1, -0.05) is 36.4 Å². The van der Waals surface area contributed by atoms with E-state index >= 15 is 0 Å². The van der Waals surface area contributed by atoms with Gasteiger partial charge in [0, 0.05) is 31.7 Å². The van der Waals surface area contributed by atoms with Gasteiger partial charge in [-0.25, -0.2) is 4.79 Å². The van der Waals surface area contributed by atoms with Crippen molar-refractivity contribution in [3.05, 3.63) is 90.0 Å². The average molecular weight is 474 g/mol. The SMILES string of the molecule is COC(=O)c1ccc(N2CCN(C(=O)c3ccccc3)CC2)c(NC(=O)COc2ccccc2)c1. The van der Waals surface area contributed by atoms with Crippen molar-refractivity contribution in [3.63, 3.8) is 0 Å². The van der Waals surface area contributed by atoms with Gasteiger partial charge < -0.3 is 24.6 Å². The Bertz CT molecular complexity index is 1180. The predicted molar refractivity (Wildman–Crippen MR) is 133 cm³/mol. The van der Waals surface area contributed by atoms with E-state index in [4.69, 9.17) is 9.47 Å². The molecule has 8 nitrogen and oxygen atoms in total. The molecule has 0 radical (unpaired) electrons. The topological polar surface area (TPSA) is 88.2 Å². The van der Waals surface area contributed by atoms with Gasteiger partial charge in [0.2, 0.25) is 0 Å². The lowest BCUT2D eigenvalue weighted by molar-refractivity contribution is -0.118. The molecule has 180 valence electrons. The van der Waals surface area contributed by atoms with Crippen molar-refractivity contribution in [1.29, 1.82) is 0 Å². The smallest absolute Gasteiger partial charge is 0.337 e. The molecule has 0 unspecified atom stereocenters. The maximum atomic E-state index is 12.8. The Kier molecular flexibility index (Phi) is 7.62. The van der Waals surface area contributed by atoms with E-state index in [2.05, 4.69) is 10.2 Å². The number of benzene rings is 3. The van der Waals surface area contributed by atoms with E-state index in [0.717, 1.165) is 5.69 Å². The predicted octanol–water partition coefficient (Wildman–Crippen LogP) is 3.45. The van der Waals surface area contributed by atoms with Gasteiger partial charge in [0.05, 0.1) is 24.0 Å². The van der Waals surface area contributed by atoms with Gasteiger partial charge in [0.25, 0.3) is 11.8 Å². The van der Waals surface area contributed by atoms with E-state index in [0.29, 0.717) is 48.7 Å². The van der Waals surface area contributed by atoms with Crippen LogP contribution in [-0.4, -0.2) is 62.6 Å². The molecular formula is C27H27N3O5. The molecule has 0 atom stereocenters. The second-order valence-electron chi connectivity index (χ2n) is 8.02. The van der Waals surface area contributed by atoms with Crippen LogP contribution in [0.5, 0.6) is 5.75 Å². The van der Waals surface area contributed by atoms with Crippen LogP contribution < -0.4 is 15.0 Å². The Labute approximate surface area is 204 Å². The number of hydrogen-bond donors (Lipinski definition) is 1. The molecule has 1 fully saturated rings. The number of ether oxygens (including phenoxy) is 2. The van der Waals surface area contributed by atoms with Crippen molar-refractivity contribution in [1.82, 2.24) is 4.90 Å². The Morgan fingerprint density at radius 1 is 0.829 bits per heavy atom. The van der Waals surface area contributed by atoms with E-state index in [-0.39, 0.29) is 18.4 Å². The minimum absolute atomic E-state index is 0.00197. The molecule has 0 spiro atoms. The lowest BCUT2D eigenvalue weighted by Gasteiger charge is -2.37. The largest absolute Gasteiger partial charge is 0.484 e. The van der Waals surface area contributed by atoms with Crippen molar-refractivity contribution >= 4 is 29.2 Å². The second-order valence-corrected chi connectivity index (χ2v) is 8.02. The molecule has 1 N–H and O–H groups in total. The minimum atomic E-state index is -0.495. The summed E-state index contributed by atoms with van der Waals surface area (Å²) in [7, 11) is 1.31. The highest BCUT2D eigenvalue weighted by atomic mass is 16.5. The van der Waals surface area contributed by atoms with Gasteiger partial charge in [-0.2, -0.15) is 0 Å². The van der Waals surface area contributed by atoms with Crippen LogP contribution in [0.4, 0.5) is 11.4 Å². The molecule has 2 amide bonds. The van der Waals surface area contributed by atoms with Gasteiger partial charge in [0.1, 0.15) is 5.75 Å².